The summed E-state index contributed by atoms with van der Waals surface area (Å²) in [6.07, 6.45) is 3.33. The Morgan fingerprint density at radius 1 is 1.22 bits per heavy atom. The van der Waals surface area contributed by atoms with Gasteiger partial charge in [0.15, 0.2) is 0 Å². The van der Waals surface area contributed by atoms with Crippen molar-refractivity contribution in [2.45, 2.75) is 38.6 Å². The first-order valence-corrected chi connectivity index (χ1v) is 9.84. The molecule has 148 valence electrons. The van der Waals surface area contributed by atoms with Gasteiger partial charge in [0.25, 0.3) is 0 Å². The third kappa shape index (κ3) is 4.00. The Morgan fingerprint density at radius 3 is 2.48 bits per heavy atom. The van der Waals surface area contributed by atoms with Gasteiger partial charge in [0.05, 0.1) is 0 Å². The second kappa shape index (κ2) is 7.97. The third-order valence-corrected chi connectivity index (χ3v) is 6.22. The fourth-order valence-corrected chi connectivity index (χ4v) is 4.50. The van der Waals surface area contributed by atoms with Crippen molar-refractivity contribution in [1.82, 2.24) is 14.7 Å². The molecule has 1 atom stereocenters. The molecule has 2 heterocycles. The summed E-state index contributed by atoms with van der Waals surface area (Å²) in [5.41, 5.74) is 0.556. The van der Waals surface area contributed by atoms with Gasteiger partial charge in [0.2, 0.25) is 11.8 Å². The lowest BCUT2D eigenvalue weighted by molar-refractivity contribution is -0.144. The molecule has 2 aliphatic rings. The van der Waals surface area contributed by atoms with Gasteiger partial charge in [-0.2, -0.15) is 0 Å². The Bertz CT molecular complexity index is 698. The molecule has 0 N–H and O–H groups in total. The zero-order valence-corrected chi connectivity index (χ0v) is 16.6. The normalized spacial score (nSPS) is 21.0. The van der Waals surface area contributed by atoms with Crippen LogP contribution in [-0.2, 0) is 9.59 Å². The molecule has 2 amide bonds. The SMILES string of the molecule is CCN1CC2(CCC1=O)CCN(C(=O)[C@H](c1ccccc1F)N(C)C)CC2. The van der Waals surface area contributed by atoms with E-state index in [4.69, 9.17) is 0 Å². The molecule has 0 saturated carbocycles. The smallest absolute Gasteiger partial charge is 0.244 e. The fraction of sp³-hybridized carbons (Fsp3) is 0.619. The summed E-state index contributed by atoms with van der Waals surface area (Å²) in [5.74, 6) is -0.143. The summed E-state index contributed by atoms with van der Waals surface area (Å²) in [4.78, 5) is 30.8. The lowest BCUT2D eigenvalue weighted by Gasteiger charge is -2.48. The summed E-state index contributed by atoms with van der Waals surface area (Å²) in [6, 6.07) is 5.90. The number of benzene rings is 1. The molecule has 1 aromatic carbocycles. The number of likely N-dealkylation sites (N-methyl/N-ethyl adjacent to an activating group) is 1. The van der Waals surface area contributed by atoms with E-state index in [1.165, 1.54) is 6.07 Å². The molecule has 0 bridgehead atoms. The van der Waals surface area contributed by atoms with E-state index in [0.717, 1.165) is 32.4 Å². The summed E-state index contributed by atoms with van der Waals surface area (Å²) in [7, 11) is 3.62. The topological polar surface area (TPSA) is 43.9 Å². The van der Waals surface area contributed by atoms with Gasteiger partial charge in [-0.1, -0.05) is 18.2 Å². The van der Waals surface area contributed by atoms with Crippen molar-refractivity contribution in [3.05, 3.63) is 35.6 Å². The first-order valence-electron chi connectivity index (χ1n) is 9.84. The maximum absolute atomic E-state index is 14.3. The molecule has 2 aliphatic heterocycles. The van der Waals surface area contributed by atoms with Crippen LogP contribution in [-0.4, -0.2) is 66.8 Å². The number of likely N-dealkylation sites (tertiary alicyclic amines) is 2. The minimum Gasteiger partial charge on any atom is -0.342 e. The maximum atomic E-state index is 14.3. The van der Waals surface area contributed by atoms with Crippen LogP contribution in [0, 0.1) is 11.2 Å². The van der Waals surface area contributed by atoms with Crippen molar-refractivity contribution in [1.29, 1.82) is 0 Å². The highest BCUT2D eigenvalue weighted by Crippen LogP contribution is 2.40. The van der Waals surface area contributed by atoms with E-state index >= 15 is 0 Å². The molecule has 1 spiro atoms. The summed E-state index contributed by atoms with van der Waals surface area (Å²) in [5, 5.41) is 0. The van der Waals surface area contributed by atoms with E-state index < -0.39 is 6.04 Å². The van der Waals surface area contributed by atoms with Crippen LogP contribution in [0.3, 0.4) is 0 Å². The van der Waals surface area contributed by atoms with Crippen molar-refractivity contribution in [2.24, 2.45) is 5.41 Å². The van der Waals surface area contributed by atoms with Crippen molar-refractivity contribution >= 4 is 11.8 Å². The Kier molecular flexibility index (Phi) is 5.84. The van der Waals surface area contributed by atoms with Gasteiger partial charge in [-0.25, -0.2) is 4.39 Å². The molecule has 0 aromatic heterocycles. The van der Waals surface area contributed by atoms with Crippen LogP contribution in [0.5, 0.6) is 0 Å². The van der Waals surface area contributed by atoms with E-state index in [1.54, 1.807) is 23.1 Å². The third-order valence-electron chi connectivity index (χ3n) is 6.22. The minimum absolute atomic E-state index is 0.0424. The highest BCUT2D eigenvalue weighted by molar-refractivity contribution is 5.83. The van der Waals surface area contributed by atoms with Crippen molar-refractivity contribution in [3.63, 3.8) is 0 Å². The van der Waals surface area contributed by atoms with Gasteiger partial charge >= 0.3 is 0 Å². The van der Waals surface area contributed by atoms with Crippen LogP contribution < -0.4 is 0 Å². The Hall–Kier alpha value is -1.95. The predicted octanol–water partition coefficient (Wildman–Crippen LogP) is 2.68. The quantitative estimate of drug-likeness (QED) is 0.813. The summed E-state index contributed by atoms with van der Waals surface area (Å²) in [6.45, 7) is 4.91. The molecule has 6 heteroatoms. The van der Waals surface area contributed by atoms with Gasteiger partial charge in [-0.3, -0.25) is 14.5 Å². The molecule has 1 aromatic rings. The number of carbonyl (C=O) groups excluding carboxylic acids is 2. The molecule has 3 rings (SSSR count). The lowest BCUT2D eigenvalue weighted by atomic mass is 9.72. The Balaban J connectivity index is 1.70. The molecule has 27 heavy (non-hydrogen) atoms. The van der Waals surface area contributed by atoms with Crippen LogP contribution in [0.25, 0.3) is 0 Å². The number of amides is 2. The number of carbonyl (C=O) groups is 2. The van der Waals surface area contributed by atoms with E-state index in [9.17, 15) is 14.0 Å². The van der Waals surface area contributed by atoms with E-state index in [0.29, 0.717) is 25.1 Å². The number of piperidine rings is 2. The molecular formula is C21H30FN3O2. The standard InChI is InChI=1S/C21H30FN3O2/c1-4-24-15-21(10-9-18(24)26)11-13-25(14-12-21)20(27)19(23(2)3)16-7-5-6-8-17(16)22/h5-8,19H,4,9-15H2,1-3H3/t19-/m0/s1. The van der Waals surface area contributed by atoms with Crippen LogP contribution in [0.1, 0.15) is 44.2 Å². The average molecular weight is 375 g/mol. The molecular weight excluding hydrogens is 345 g/mol. The molecule has 5 nitrogen and oxygen atoms in total. The predicted molar refractivity (Wildman–Crippen MR) is 103 cm³/mol. The minimum atomic E-state index is -0.611. The van der Waals surface area contributed by atoms with Crippen LogP contribution in [0.4, 0.5) is 4.39 Å². The highest BCUT2D eigenvalue weighted by Gasteiger charge is 2.42. The second-order valence-electron chi connectivity index (χ2n) is 8.12. The van der Waals surface area contributed by atoms with Gasteiger partial charge in [0.1, 0.15) is 11.9 Å². The van der Waals surface area contributed by atoms with Gasteiger partial charge < -0.3 is 9.80 Å². The van der Waals surface area contributed by atoms with E-state index in [1.807, 2.05) is 30.8 Å². The molecule has 2 saturated heterocycles. The van der Waals surface area contributed by atoms with Crippen LogP contribution in [0.15, 0.2) is 24.3 Å². The Labute approximate surface area is 161 Å². The van der Waals surface area contributed by atoms with Crippen molar-refractivity contribution < 1.29 is 14.0 Å². The molecule has 0 aliphatic carbocycles. The van der Waals surface area contributed by atoms with Gasteiger partial charge in [0, 0.05) is 38.2 Å². The van der Waals surface area contributed by atoms with Crippen LogP contribution in [0.2, 0.25) is 0 Å². The van der Waals surface area contributed by atoms with Crippen molar-refractivity contribution in [2.75, 3.05) is 40.3 Å². The van der Waals surface area contributed by atoms with Crippen LogP contribution >= 0.6 is 0 Å². The number of hydrogen-bond donors (Lipinski definition) is 0. The maximum Gasteiger partial charge on any atom is 0.244 e. The monoisotopic (exact) mass is 375 g/mol. The van der Waals surface area contributed by atoms with Crippen molar-refractivity contribution in [3.8, 4) is 0 Å². The second-order valence-corrected chi connectivity index (χ2v) is 8.12. The highest BCUT2D eigenvalue weighted by atomic mass is 19.1. The largest absolute Gasteiger partial charge is 0.342 e. The number of nitrogens with zero attached hydrogens (tertiary/aromatic N) is 3. The summed E-state index contributed by atoms with van der Waals surface area (Å²) < 4.78 is 14.3. The Morgan fingerprint density at radius 2 is 1.89 bits per heavy atom. The summed E-state index contributed by atoms with van der Waals surface area (Å²) >= 11 is 0. The number of hydrogen-bond acceptors (Lipinski definition) is 3. The molecule has 0 radical (unpaired) electrons. The molecule has 0 unspecified atom stereocenters. The first kappa shape index (κ1) is 19.8. The lowest BCUT2D eigenvalue weighted by Crippen LogP contribution is -2.53. The zero-order valence-electron chi connectivity index (χ0n) is 16.6. The average Bonchev–Trinajstić information content (AvgIpc) is 2.66. The van der Waals surface area contributed by atoms with E-state index in [-0.39, 0.29) is 23.0 Å². The van der Waals surface area contributed by atoms with Gasteiger partial charge in [-0.05, 0) is 51.8 Å². The number of rotatable bonds is 4. The fourth-order valence-electron chi connectivity index (χ4n) is 4.50. The zero-order chi connectivity index (χ0) is 19.6. The van der Waals surface area contributed by atoms with Gasteiger partial charge in [-0.15, -0.1) is 0 Å². The first-order chi connectivity index (χ1) is 12.9. The molecule has 2 fully saturated rings. The van der Waals surface area contributed by atoms with E-state index in [2.05, 4.69) is 0 Å². The number of halogens is 1.